The van der Waals surface area contributed by atoms with Gasteiger partial charge in [-0.3, -0.25) is 0 Å². The Morgan fingerprint density at radius 3 is 0.694 bits per heavy atom. The Hall–Kier alpha value is -0.970. The molecule has 0 aliphatic carbocycles. The fourth-order valence-electron chi connectivity index (χ4n) is 6.70. The largest absolute Gasteiger partial charge is 0.499 e. The maximum atomic E-state index is 11.9. The Morgan fingerprint density at radius 1 is 0.306 bits per heavy atom. The van der Waals surface area contributed by atoms with Gasteiger partial charge in [0, 0.05) is 0 Å². The summed E-state index contributed by atoms with van der Waals surface area (Å²) in [6.07, 6.45) is 56.9. The van der Waals surface area contributed by atoms with Gasteiger partial charge in [0.25, 0.3) is 0 Å². The molecule has 0 unspecified atom stereocenters. The highest BCUT2D eigenvalue weighted by Crippen LogP contribution is 2.16. The van der Waals surface area contributed by atoms with Gasteiger partial charge in [-0.15, -0.1) is 8.42 Å². The van der Waals surface area contributed by atoms with Gasteiger partial charge in [0.05, 0.1) is 0 Å². The molecule has 0 aromatic heterocycles. The minimum atomic E-state index is -4.01. The second kappa shape index (κ2) is 41.5. The second-order valence-electron chi connectivity index (χ2n) is 14.9. The Morgan fingerprint density at radius 2 is 0.490 bits per heavy atom. The molecule has 0 bridgehead atoms. The molecule has 49 heavy (non-hydrogen) atoms. The summed E-state index contributed by atoms with van der Waals surface area (Å²) in [5.41, 5.74) is 0. The lowest BCUT2D eigenvalue weighted by Crippen LogP contribution is -2.02. The highest BCUT2D eigenvalue weighted by molar-refractivity contribution is 7.82. The van der Waals surface area contributed by atoms with Crippen molar-refractivity contribution >= 4 is 10.4 Å². The van der Waals surface area contributed by atoms with Crippen LogP contribution in [0, 0.1) is 0 Å². The zero-order valence-electron chi connectivity index (χ0n) is 33.2. The van der Waals surface area contributed by atoms with Gasteiger partial charge in [0.2, 0.25) is 0 Å². The third-order valence-electron chi connectivity index (χ3n) is 9.99. The molecule has 0 fully saturated rings. The average Bonchev–Trinajstić information content (AvgIpc) is 3.09. The number of hydrogen-bond donors (Lipinski definition) is 0. The molecule has 0 aromatic rings. The van der Waals surface area contributed by atoms with Crippen molar-refractivity contribution in [3.63, 3.8) is 0 Å². The van der Waals surface area contributed by atoms with E-state index in [1.165, 1.54) is 231 Å². The summed E-state index contributed by atoms with van der Waals surface area (Å²) in [6, 6.07) is 0. The SMILES string of the molecule is CCCCCCCCCCCCCCCCCCCC/C=C/OS(=O)(=O)O/C=C/CCCCCCCCCCCCCCCCCCCC. The van der Waals surface area contributed by atoms with E-state index >= 15 is 0 Å². The first-order valence-electron chi connectivity index (χ1n) is 22.0. The van der Waals surface area contributed by atoms with E-state index in [-0.39, 0.29) is 0 Å². The van der Waals surface area contributed by atoms with E-state index in [1.807, 2.05) is 0 Å². The number of hydrogen-bond acceptors (Lipinski definition) is 4. The smallest absolute Gasteiger partial charge is 0.361 e. The van der Waals surface area contributed by atoms with Crippen molar-refractivity contribution in [3.05, 3.63) is 24.7 Å². The normalized spacial score (nSPS) is 12.1. The van der Waals surface area contributed by atoms with Crippen LogP contribution in [0.1, 0.15) is 258 Å². The van der Waals surface area contributed by atoms with Gasteiger partial charge >= 0.3 is 10.4 Å². The van der Waals surface area contributed by atoms with Crippen LogP contribution in [0.15, 0.2) is 24.7 Å². The molecule has 292 valence electrons. The van der Waals surface area contributed by atoms with Gasteiger partial charge in [0.15, 0.2) is 0 Å². The fourth-order valence-corrected chi connectivity index (χ4v) is 7.18. The molecule has 0 saturated carbocycles. The fraction of sp³-hybridized carbons (Fsp3) is 0.909. The minimum absolute atomic E-state index is 0.837. The Labute approximate surface area is 308 Å². The molecule has 0 aromatic carbocycles. The molecular weight excluding hydrogens is 625 g/mol. The van der Waals surface area contributed by atoms with Gasteiger partial charge in [-0.05, 0) is 37.8 Å². The lowest BCUT2D eigenvalue weighted by molar-refractivity contribution is 0.334. The Balaban J connectivity index is 3.37. The van der Waals surface area contributed by atoms with Gasteiger partial charge < -0.3 is 8.37 Å². The Kier molecular flexibility index (Phi) is 40.6. The van der Waals surface area contributed by atoms with E-state index in [2.05, 4.69) is 13.8 Å². The van der Waals surface area contributed by atoms with Crippen LogP contribution >= 0.6 is 0 Å². The summed E-state index contributed by atoms with van der Waals surface area (Å²) in [7, 11) is -4.01. The molecule has 0 spiro atoms. The zero-order valence-corrected chi connectivity index (χ0v) is 34.0. The van der Waals surface area contributed by atoms with E-state index in [1.54, 1.807) is 12.2 Å². The molecule has 0 rings (SSSR count). The van der Waals surface area contributed by atoms with E-state index in [9.17, 15) is 8.42 Å². The van der Waals surface area contributed by atoms with E-state index in [0.29, 0.717) is 0 Å². The van der Waals surface area contributed by atoms with Crippen LogP contribution in [0.25, 0.3) is 0 Å². The summed E-state index contributed by atoms with van der Waals surface area (Å²) >= 11 is 0. The van der Waals surface area contributed by atoms with Crippen molar-refractivity contribution in [2.24, 2.45) is 0 Å². The van der Waals surface area contributed by atoms with Crippen LogP contribution in [0.5, 0.6) is 0 Å². The van der Waals surface area contributed by atoms with Crippen molar-refractivity contribution < 1.29 is 16.8 Å². The number of unbranched alkanes of at least 4 members (excludes halogenated alkanes) is 36. The van der Waals surface area contributed by atoms with Crippen molar-refractivity contribution in [3.8, 4) is 0 Å². The average molecular weight is 711 g/mol. The standard InChI is InChI=1S/C44H86O4S/c1-3-5-7-9-11-13-15-17-19-21-23-25-27-29-31-33-35-37-39-41-43-47-49(45,46)48-44-42-40-38-36-34-32-30-28-26-24-22-20-18-16-14-12-10-8-6-4-2/h41-44H,3-40H2,1-2H3/b43-41+,44-42+. The molecule has 0 N–H and O–H groups in total. The predicted octanol–water partition coefficient (Wildman–Crippen LogP) is 16.2. The van der Waals surface area contributed by atoms with Crippen molar-refractivity contribution in [2.45, 2.75) is 258 Å². The van der Waals surface area contributed by atoms with Gasteiger partial charge in [-0.25, -0.2) is 0 Å². The molecule has 0 aliphatic rings. The molecular formula is C44H86O4S. The molecule has 0 aliphatic heterocycles. The summed E-state index contributed by atoms with van der Waals surface area (Å²) in [5.74, 6) is 0. The molecule has 0 atom stereocenters. The van der Waals surface area contributed by atoms with E-state index in [4.69, 9.17) is 8.37 Å². The Bertz CT molecular complexity index is 718. The monoisotopic (exact) mass is 711 g/mol. The third kappa shape index (κ3) is 43.1. The highest BCUT2D eigenvalue weighted by Gasteiger charge is 2.07. The summed E-state index contributed by atoms with van der Waals surface area (Å²) in [5, 5.41) is 0. The second-order valence-corrected chi connectivity index (χ2v) is 16.1. The third-order valence-corrected chi connectivity index (χ3v) is 10.7. The van der Waals surface area contributed by atoms with Crippen molar-refractivity contribution in [1.82, 2.24) is 0 Å². The van der Waals surface area contributed by atoms with Crippen LogP contribution in [-0.2, 0) is 18.8 Å². The molecule has 4 nitrogen and oxygen atoms in total. The lowest BCUT2D eigenvalue weighted by Gasteiger charge is -2.04. The van der Waals surface area contributed by atoms with Gasteiger partial charge in [0.1, 0.15) is 12.5 Å². The van der Waals surface area contributed by atoms with Crippen LogP contribution < -0.4 is 0 Å². The predicted molar refractivity (Wildman–Crippen MR) is 216 cm³/mol. The van der Waals surface area contributed by atoms with Crippen molar-refractivity contribution in [2.75, 3.05) is 0 Å². The summed E-state index contributed by atoms with van der Waals surface area (Å²) in [4.78, 5) is 0. The maximum absolute atomic E-state index is 11.9. The minimum Gasteiger partial charge on any atom is -0.361 e. The highest BCUT2D eigenvalue weighted by atomic mass is 32.3. The van der Waals surface area contributed by atoms with Crippen LogP contribution in [-0.4, -0.2) is 8.42 Å². The first-order valence-corrected chi connectivity index (χ1v) is 23.4. The molecule has 0 amide bonds. The maximum Gasteiger partial charge on any atom is 0.499 e. The topological polar surface area (TPSA) is 52.6 Å². The summed E-state index contributed by atoms with van der Waals surface area (Å²) < 4.78 is 33.4. The van der Waals surface area contributed by atoms with E-state index in [0.717, 1.165) is 25.7 Å². The van der Waals surface area contributed by atoms with Gasteiger partial charge in [-0.2, -0.15) is 0 Å². The lowest BCUT2D eigenvalue weighted by atomic mass is 10.0. The van der Waals surface area contributed by atoms with Gasteiger partial charge in [-0.1, -0.05) is 232 Å². The molecule has 0 saturated heterocycles. The first kappa shape index (κ1) is 48.0. The van der Waals surface area contributed by atoms with E-state index < -0.39 is 10.4 Å². The number of rotatable bonds is 42. The molecule has 0 heterocycles. The summed E-state index contributed by atoms with van der Waals surface area (Å²) in [6.45, 7) is 4.57. The van der Waals surface area contributed by atoms with Crippen LogP contribution in [0.2, 0.25) is 0 Å². The van der Waals surface area contributed by atoms with Crippen LogP contribution in [0.4, 0.5) is 0 Å². The zero-order chi connectivity index (χ0) is 35.6. The number of allylic oxidation sites excluding steroid dienone is 2. The van der Waals surface area contributed by atoms with Crippen molar-refractivity contribution in [1.29, 1.82) is 0 Å². The first-order chi connectivity index (χ1) is 24.1. The molecule has 0 radical (unpaired) electrons. The molecule has 5 heteroatoms. The van der Waals surface area contributed by atoms with Crippen LogP contribution in [0.3, 0.4) is 0 Å². The quantitative estimate of drug-likeness (QED) is 0.0467.